The van der Waals surface area contributed by atoms with Gasteiger partial charge in [0.25, 0.3) is 0 Å². The van der Waals surface area contributed by atoms with Crippen molar-refractivity contribution in [3.05, 3.63) is 28.5 Å². The molecule has 1 amide bonds. The summed E-state index contributed by atoms with van der Waals surface area (Å²) < 4.78 is 13.2. The number of aromatic nitrogens is 1. The van der Waals surface area contributed by atoms with E-state index in [1.807, 2.05) is 39.0 Å². The maximum Gasteiger partial charge on any atom is 0.407 e. The molecule has 3 atom stereocenters. The predicted molar refractivity (Wildman–Crippen MR) is 87.0 cm³/mol. The summed E-state index contributed by atoms with van der Waals surface area (Å²) in [4.78, 5) is 17.3. The van der Waals surface area contributed by atoms with E-state index in [4.69, 9.17) is 9.47 Å². The fraction of sp³-hybridized carbons (Fsp3) is 0.625. The number of halogens is 1. The number of likely N-dealkylation sites (tertiary alicyclic amines) is 1. The van der Waals surface area contributed by atoms with Crippen LogP contribution in [0.5, 0.6) is 0 Å². The van der Waals surface area contributed by atoms with Crippen molar-refractivity contribution in [1.82, 2.24) is 9.88 Å². The van der Waals surface area contributed by atoms with Crippen molar-refractivity contribution < 1.29 is 19.4 Å². The molecule has 0 aliphatic carbocycles. The highest BCUT2D eigenvalue weighted by Crippen LogP contribution is 2.47. The Labute approximate surface area is 143 Å². The highest BCUT2D eigenvalue weighted by molar-refractivity contribution is 9.10. The molecule has 7 heteroatoms. The van der Waals surface area contributed by atoms with Crippen LogP contribution < -0.4 is 0 Å². The quantitative estimate of drug-likeness (QED) is 0.752. The lowest BCUT2D eigenvalue weighted by molar-refractivity contribution is -0.151. The zero-order valence-corrected chi connectivity index (χ0v) is 15.0. The van der Waals surface area contributed by atoms with Crippen LogP contribution >= 0.6 is 15.9 Å². The lowest BCUT2D eigenvalue weighted by Crippen LogP contribution is -2.53. The molecule has 126 valence electrons. The van der Waals surface area contributed by atoms with Gasteiger partial charge in [-0.15, -0.1) is 0 Å². The summed E-state index contributed by atoms with van der Waals surface area (Å²) in [5, 5.41) is 9.29. The van der Waals surface area contributed by atoms with Crippen LogP contribution in [-0.2, 0) is 15.1 Å². The summed E-state index contributed by atoms with van der Waals surface area (Å²) >= 11 is 3.40. The summed E-state index contributed by atoms with van der Waals surface area (Å²) in [7, 11) is 0. The molecule has 1 N–H and O–H groups in total. The number of fused-ring (bicyclic) bond motifs is 1. The van der Waals surface area contributed by atoms with Crippen LogP contribution in [0.3, 0.4) is 0 Å². The lowest BCUT2D eigenvalue weighted by Gasteiger charge is -2.40. The van der Waals surface area contributed by atoms with E-state index in [2.05, 4.69) is 20.9 Å². The van der Waals surface area contributed by atoms with Crippen molar-refractivity contribution in [3.8, 4) is 0 Å². The molecule has 2 saturated heterocycles. The first-order valence-corrected chi connectivity index (χ1v) is 8.46. The standard InChI is InChI=1S/C16H21BrN2O4/c1-15(2,3)13-22-11-9-19(14(20)21)8-7-16(11,23-13)10-5-4-6-12(17)18-10/h4-6,11,13H,7-9H2,1-3H3,(H,20,21)/t11-,13?,16-/m1/s1. The Bertz CT molecular complexity index is 618. The molecule has 1 unspecified atom stereocenters. The van der Waals surface area contributed by atoms with Gasteiger partial charge in [-0.05, 0) is 28.1 Å². The summed E-state index contributed by atoms with van der Waals surface area (Å²) in [5.74, 6) is 0. The monoisotopic (exact) mass is 384 g/mol. The smallest absolute Gasteiger partial charge is 0.407 e. The Morgan fingerprint density at radius 2 is 2.22 bits per heavy atom. The number of hydrogen-bond donors (Lipinski definition) is 1. The number of pyridine rings is 1. The predicted octanol–water partition coefficient (Wildman–Crippen LogP) is 3.21. The fourth-order valence-corrected chi connectivity index (χ4v) is 3.45. The molecule has 0 aromatic carbocycles. The van der Waals surface area contributed by atoms with E-state index in [1.165, 1.54) is 4.90 Å². The largest absolute Gasteiger partial charge is 0.465 e. The van der Waals surface area contributed by atoms with Crippen LogP contribution in [0.15, 0.2) is 22.8 Å². The van der Waals surface area contributed by atoms with E-state index in [0.717, 1.165) is 10.3 Å². The number of rotatable bonds is 1. The number of carbonyl (C=O) groups is 1. The van der Waals surface area contributed by atoms with E-state index in [-0.39, 0.29) is 18.1 Å². The molecular formula is C16H21BrN2O4. The number of amides is 1. The molecule has 1 aromatic rings. The Kier molecular flexibility index (Phi) is 4.14. The first kappa shape index (κ1) is 16.7. The summed E-state index contributed by atoms with van der Waals surface area (Å²) in [6.07, 6.45) is -1.16. The molecule has 0 saturated carbocycles. The van der Waals surface area contributed by atoms with Crippen LogP contribution in [0.25, 0.3) is 0 Å². The van der Waals surface area contributed by atoms with Crippen molar-refractivity contribution in [2.45, 2.75) is 45.2 Å². The van der Waals surface area contributed by atoms with E-state index in [9.17, 15) is 9.90 Å². The van der Waals surface area contributed by atoms with Gasteiger partial charge in [0, 0.05) is 18.4 Å². The normalized spacial score (nSPS) is 31.0. The molecule has 0 spiro atoms. The zero-order valence-electron chi connectivity index (χ0n) is 13.5. The minimum atomic E-state index is -0.927. The molecule has 2 fully saturated rings. The van der Waals surface area contributed by atoms with Crippen molar-refractivity contribution >= 4 is 22.0 Å². The van der Waals surface area contributed by atoms with E-state index in [1.54, 1.807) is 0 Å². The molecule has 3 rings (SSSR count). The van der Waals surface area contributed by atoms with E-state index in [0.29, 0.717) is 13.0 Å². The topological polar surface area (TPSA) is 71.9 Å². The van der Waals surface area contributed by atoms with Gasteiger partial charge in [0.1, 0.15) is 16.3 Å². The molecule has 0 bridgehead atoms. The molecule has 23 heavy (non-hydrogen) atoms. The number of ether oxygens (including phenoxy) is 2. The highest BCUT2D eigenvalue weighted by Gasteiger charge is 2.57. The lowest BCUT2D eigenvalue weighted by atomic mass is 9.85. The van der Waals surface area contributed by atoms with Crippen molar-refractivity contribution in [1.29, 1.82) is 0 Å². The first-order valence-electron chi connectivity index (χ1n) is 7.66. The van der Waals surface area contributed by atoms with Gasteiger partial charge in [0.05, 0.1) is 12.2 Å². The first-order chi connectivity index (χ1) is 10.7. The van der Waals surface area contributed by atoms with Gasteiger partial charge in [-0.2, -0.15) is 0 Å². The third-order valence-electron chi connectivity index (χ3n) is 4.39. The third-order valence-corrected chi connectivity index (χ3v) is 4.83. The average Bonchev–Trinajstić information content (AvgIpc) is 2.87. The van der Waals surface area contributed by atoms with Crippen LogP contribution in [0.4, 0.5) is 4.79 Å². The molecule has 2 aliphatic heterocycles. The van der Waals surface area contributed by atoms with Crippen LogP contribution in [0.1, 0.15) is 32.9 Å². The SMILES string of the molecule is CC(C)(C)C1O[C@@H]2CN(C(=O)O)CC[C@]2(c2cccc(Br)n2)O1. The second-order valence-electron chi connectivity index (χ2n) is 7.15. The Morgan fingerprint density at radius 1 is 1.48 bits per heavy atom. The van der Waals surface area contributed by atoms with Crippen molar-refractivity contribution in [2.75, 3.05) is 13.1 Å². The number of piperidine rings is 1. The molecule has 1 aromatic heterocycles. The van der Waals surface area contributed by atoms with Gasteiger partial charge >= 0.3 is 6.09 Å². The fourth-order valence-electron chi connectivity index (χ4n) is 3.11. The van der Waals surface area contributed by atoms with Gasteiger partial charge in [0.15, 0.2) is 6.29 Å². The number of nitrogens with zero attached hydrogens (tertiary/aromatic N) is 2. The van der Waals surface area contributed by atoms with Crippen LogP contribution in [-0.4, -0.2) is 46.6 Å². The summed E-state index contributed by atoms with van der Waals surface area (Å²) in [5.41, 5.74) is -0.119. The van der Waals surface area contributed by atoms with Gasteiger partial charge in [-0.1, -0.05) is 26.8 Å². The molecule has 6 nitrogen and oxygen atoms in total. The minimum absolute atomic E-state index is 0.204. The van der Waals surface area contributed by atoms with Gasteiger partial charge in [0.2, 0.25) is 0 Å². The molecule has 2 aliphatic rings. The van der Waals surface area contributed by atoms with Gasteiger partial charge in [-0.25, -0.2) is 9.78 Å². The van der Waals surface area contributed by atoms with Crippen LogP contribution in [0.2, 0.25) is 0 Å². The zero-order chi connectivity index (χ0) is 16.8. The maximum atomic E-state index is 11.3. The molecule has 3 heterocycles. The summed E-state index contributed by atoms with van der Waals surface area (Å²) in [6, 6.07) is 5.69. The van der Waals surface area contributed by atoms with Crippen molar-refractivity contribution in [3.63, 3.8) is 0 Å². The van der Waals surface area contributed by atoms with Gasteiger partial charge < -0.3 is 19.5 Å². The third kappa shape index (κ3) is 2.97. The van der Waals surface area contributed by atoms with E-state index >= 15 is 0 Å². The highest BCUT2D eigenvalue weighted by atomic mass is 79.9. The minimum Gasteiger partial charge on any atom is -0.465 e. The molecular weight excluding hydrogens is 364 g/mol. The van der Waals surface area contributed by atoms with Gasteiger partial charge in [-0.3, -0.25) is 0 Å². The second kappa shape index (κ2) is 5.72. The van der Waals surface area contributed by atoms with E-state index < -0.39 is 18.0 Å². The molecule has 0 radical (unpaired) electrons. The average molecular weight is 385 g/mol. The number of hydrogen-bond acceptors (Lipinski definition) is 4. The van der Waals surface area contributed by atoms with Crippen LogP contribution in [0, 0.1) is 5.41 Å². The number of carboxylic acid groups (broad SMARTS) is 1. The Hall–Kier alpha value is -1.18. The Morgan fingerprint density at radius 3 is 2.83 bits per heavy atom. The maximum absolute atomic E-state index is 11.3. The second-order valence-corrected chi connectivity index (χ2v) is 7.97. The van der Waals surface area contributed by atoms with Crippen molar-refractivity contribution in [2.24, 2.45) is 5.41 Å². The summed E-state index contributed by atoms with van der Waals surface area (Å²) in [6.45, 7) is 6.83. The Balaban J connectivity index is 1.99.